The second-order valence-corrected chi connectivity index (χ2v) is 6.59. The van der Waals surface area contributed by atoms with Crippen LogP contribution in [0.3, 0.4) is 0 Å². The summed E-state index contributed by atoms with van der Waals surface area (Å²) in [5, 5.41) is 24.1. The average Bonchev–Trinajstić information content (AvgIpc) is 2.67. The first-order valence-electron chi connectivity index (χ1n) is 8.95. The molecule has 0 aliphatic heterocycles. The van der Waals surface area contributed by atoms with Gasteiger partial charge in [0.25, 0.3) is 0 Å². The van der Waals surface area contributed by atoms with Gasteiger partial charge >= 0.3 is 11.9 Å². The summed E-state index contributed by atoms with van der Waals surface area (Å²) in [6, 6.07) is 13.7. The number of carbonyl (C=O) groups excluding carboxylic acids is 1. The van der Waals surface area contributed by atoms with E-state index in [1.807, 2.05) is 30.3 Å². The van der Waals surface area contributed by atoms with Crippen molar-refractivity contribution >= 4 is 17.8 Å². The molecule has 0 radical (unpaired) electrons. The van der Waals surface area contributed by atoms with Crippen molar-refractivity contribution < 1.29 is 24.6 Å². The molecule has 0 saturated carbocycles. The number of benzene rings is 2. The SMILES string of the molecule is CC(NC(=O)C(Cc1ccccc1)NC(C)c1ccccc1C(=O)O)C(=O)O. The molecule has 0 aromatic heterocycles. The minimum absolute atomic E-state index is 0.153. The normalized spacial score (nSPS) is 13.9. The third-order valence-corrected chi connectivity index (χ3v) is 4.44. The molecule has 2 aromatic rings. The van der Waals surface area contributed by atoms with Gasteiger partial charge in [-0.2, -0.15) is 0 Å². The van der Waals surface area contributed by atoms with Gasteiger partial charge in [-0.1, -0.05) is 48.5 Å². The van der Waals surface area contributed by atoms with Gasteiger partial charge in [0.2, 0.25) is 5.91 Å². The van der Waals surface area contributed by atoms with Crippen molar-refractivity contribution in [3.05, 3.63) is 71.3 Å². The lowest BCUT2D eigenvalue weighted by atomic mass is 9.98. The molecule has 4 N–H and O–H groups in total. The molecule has 0 saturated heterocycles. The highest BCUT2D eigenvalue weighted by Gasteiger charge is 2.26. The van der Waals surface area contributed by atoms with E-state index in [-0.39, 0.29) is 5.56 Å². The fourth-order valence-electron chi connectivity index (χ4n) is 2.91. The van der Waals surface area contributed by atoms with Crippen LogP contribution in [0.1, 0.15) is 41.4 Å². The van der Waals surface area contributed by atoms with Crippen LogP contribution in [-0.4, -0.2) is 40.1 Å². The van der Waals surface area contributed by atoms with Crippen LogP contribution in [0.5, 0.6) is 0 Å². The van der Waals surface area contributed by atoms with E-state index in [4.69, 9.17) is 5.11 Å². The second-order valence-electron chi connectivity index (χ2n) is 6.59. The summed E-state index contributed by atoms with van der Waals surface area (Å²) in [4.78, 5) is 35.3. The minimum Gasteiger partial charge on any atom is -0.480 e. The third-order valence-electron chi connectivity index (χ3n) is 4.44. The average molecular weight is 384 g/mol. The second kappa shape index (κ2) is 9.66. The Hall–Kier alpha value is -3.19. The van der Waals surface area contributed by atoms with E-state index in [1.54, 1.807) is 25.1 Å². The Labute approximate surface area is 163 Å². The first kappa shape index (κ1) is 21.1. The van der Waals surface area contributed by atoms with E-state index in [1.165, 1.54) is 13.0 Å². The predicted octanol–water partition coefficient (Wildman–Crippen LogP) is 2.24. The highest BCUT2D eigenvalue weighted by atomic mass is 16.4. The number of rotatable bonds is 9. The van der Waals surface area contributed by atoms with Gasteiger partial charge < -0.3 is 15.5 Å². The van der Waals surface area contributed by atoms with E-state index < -0.39 is 36.0 Å². The molecule has 0 aliphatic rings. The van der Waals surface area contributed by atoms with Crippen LogP contribution < -0.4 is 10.6 Å². The van der Waals surface area contributed by atoms with Gasteiger partial charge in [0.1, 0.15) is 6.04 Å². The fourth-order valence-corrected chi connectivity index (χ4v) is 2.91. The molecule has 0 bridgehead atoms. The van der Waals surface area contributed by atoms with Gasteiger partial charge in [0.05, 0.1) is 11.6 Å². The van der Waals surface area contributed by atoms with Crippen molar-refractivity contribution in [1.29, 1.82) is 0 Å². The number of nitrogens with one attached hydrogen (secondary N) is 2. The van der Waals surface area contributed by atoms with E-state index in [9.17, 15) is 19.5 Å². The van der Waals surface area contributed by atoms with Gasteiger partial charge in [-0.3, -0.25) is 14.9 Å². The van der Waals surface area contributed by atoms with Crippen molar-refractivity contribution in [2.75, 3.05) is 0 Å². The Balaban J connectivity index is 2.24. The number of hydrogen-bond donors (Lipinski definition) is 4. The molecule has 1 amide bonds. The maximum atomic E-state index is 12.7. The Bertz CT molecular complexity index is 838. The number of aliphatic carboxylic acids is 1. The van der Waals surface area contributed by atoms with E-state index >= 15 is 0 Å². The highest BCUT2D eigenvalue weighted by molar-refractivity contribution is 5.90. The van der Waals surface area contributed by atoms with Crippen LogP contribution >= 0.6 is 0 Å². The molecule has 7 nitrogen and oxygen atoms in total. The van der Waals surface area contributed by atoms with Crippen molar-refractivity contribution in [3.63, 3.8) is 0 Å². The predicted molar refractivity (Wildman–Crippen MR) is 104 cm³/mol. The lowest BCUT2D eigenvalue weighted by molar-refractivity contribution is -0.141. The van der Waals surface area contributed by atoms with Crippen molar-refractivity contribution in [1.82, 2.24) is 10.6 Å². The Morgan fingerprint density at radius 2 is 1.54 bits per heavy atom. The molecular formula is C21H24N2O5. The summed E-state index contributed by atoms with van der Waals surface area (Å²) in [6.07, 6.45) is 0.332. The zero-order valence-electron chi connectivity index (χ0n) is 15.8. The summed E-state index contributed by atoms with van der Waals surface area (Å²) in [5.74, 6) is -2.64. The Morgan fingerprint density at radius 1 is 0.929 bits per heavy atom. The van der Waals surface area contributed by atoms with Crippen molar-refractivity contribution in [3.8, 4) is 0 Å². The first-order valence-corrected chi connectivity index (χ1v) is 8.95. The first-order chi connectivity index (χ1) is 13.3. The standard InChI is InChI=1S/C21H24N2O5/c1-13(16-10-6-7-11-17(16)21(27)28)22-18(12-15-8-4-3-5-9-15)19(24)23-14(2)20(25)26/h3-11,13-14,18,22H,12H2,1-2H3,(H,23,24)(H,25,26)(H,27,28). The molecule has 148 valence electrons. The van der Waals surface area contributed by atoms with Gasteiger partial charge in [-0.05, 0) is 37.5 Å². The quantitative estimate of drug-likeness (QED) is 0.527. The van der Waals surface area contributed by atoms with Crippen LogP contribution in [0, 0.1) is 0 Å². The molecule has 3 unspecified atom stereocenters. The molecule has 0 fully saturated rings. The number of amides is 1. The Kier molecular flexibility index (Phi) is 7.28. The fraction of sp³-hybridized carbons (Fsp3) is 0.286. The number of aromatic carboxylic acids is 1. The topological polar surface area (TPSA) is 116 Å². The molecule has 7 heteroatoms. The molecule has 0 spiro atoms. The van der Waals surface area contributed by atoms with Gasteiger partial charge in [0, 0.05) is 6.04 Å². The minimum atomic E-state index is -1.13. The summed E-state index contributed by atoms with van der Waals surface area (Å²) in [5.41, 5.74) is 1.60. The molecule has 2 rings (SSSR count). The zero-order valence-corrected chi connectivity index (χ0v) is 15.8. The van der Waals surface area contributed by atoms with Crippen LogP contribution in [0.2, 0.25) is 0 Å². The van der Waals surface area contributed by atoms with Gasteiger partial charge in [-0.25, -0.2) is 4.79 Å². The number of carboxylic acid groups (broad SMARTS) is 2. The highest BCUT2D eigenvalue weighted by Crippen LogP contribution is 2.19. The van der Waals surface area contributed by atoms with Crippen LogP contribution in [0.15, 0.2) is 54.6 Å². The van der Waals surface area contributed by atoms with E-state index in [2.05, 4.69) is 10.6 Å². The van der Waals surface area contributed by atoms with Crippen LogP contribution in [-0.2, 0) is 16.0 Å². The summed E-state index contributed by atoms with van der Waals surface area (Å²) in [6.45, 7) is 3.16. The van der Waals surface area contributed by atoms with E-state index in [0.29, 0.717) is 12.0 Å². The molecular weight excluding hydrogens is 360 g/mol. The maximum Gasteiger partial charge on any atom is 0.336 e. The smallest absolute Gasteiger partial charge is 0.336 e. The summed E-state index contributed by atoms with van der Waals surface area (Å²) < 4.78 is 0. The van der Waals surface area contributed by atoms with E-state index in [0.717, 1.165) is 5.56 Å². The molecule has 28 heavy (non-hydrogen) atoms. The Morgan fingerprint density at radius 3 is 2.14 bits per heavy atom. The van der Waals surface area contributed by atoms with Crippen molar-refractivity contribution in [2.24, 2.45) is 0 Å². The van der Waals surface area contributed by atoms with Crippen LogP contribution in [0.4, 0.5) is 0 Å². The summed E-state index contributed by atoms with van der Waals surface area (Å²) >= 11 is 0. The molecule has 0 aliphatic carbocycles. The van der Waals surface area contributed by atoms with Gasteiger partial charge in [0.15, 0.2) is 0 Å². The maximum absolute atomic E-state index is 12.7. The van der Waals surface area contributed by atoms with Crippen LogP contribution in [0.25, 0.3) is 0 Å². The largest absolute Gasteiger partial charge is 0.480 e. The number of hydrogen-bond acceptors (Lipinski definition) is 4. The lowest BCUT2D eigenvalue weighted by Crippen LogP contribution is -2.50. The lowest BCUT2D eigenvalue weighted by Gasteiger charge is -2.25. The molecule has 2 aromatic carbocycles. The van der Waals surface area contributed by atoms with Crippen molar-refractivity contribution in [2.45, 2.75) is 38.4 Å². The number of carboxylic acids is 2. The third kappa shape index (κ3) is 5.65. The zero-order chi connectivity index (χ0) is 20.7. The van der Waals surface area contributed by atoms with Gasteiger partial charge in [-0.15, -0.1) is 0 Å². The molecule has 0 heterocycles. The molecule has 3 atom stereocenters. The summed E-state index contributed by atoms with van der Waals surface area (Å²) in [7, 11) is 0. The number of carbonyl (C=O) groups is 3. The monoisotopic (exact) mass is 384 g/mol.